The molecule has 13 nitrogen and oxygen atoms in total. The highest BCUT2D eigenvalue weighted by atomic mass is 32.1. The zero-order chi connectivity index (χ0) is 25.9. The van der Waals surface area contributed by atoms with Crippen molar-refractivity contribution < 1.29 is 20.6 Å². The number of nitrogens with one attached hydrogen (secondary N) is 2. The predicted molar refractivity (Wildman–Crippen MR) is 130 cm³/mol. The molecular weight excluding hydrogens is 466 g/mol. The van der Waals surface area contributed by atoms with Crippen molar-refractivity contribution in [3.05, 3.63) is 67.8 Å². The number of fused-ring (bicyclic) bond motifs is 1. The topological polar surface area (TPSA) is 189 Å². The fraction of sp³-hybridized carbons (Fsp3) is 0.350. The summed E-state index contributed by atoms with van der Waals surface area (Å²) in [6.45, 7) is 10.5. The average Bonchev–Trinajstić information content (AvgIpc) is 3.18. The lowest BCUT2D eigenvalue weighted by molar-refractivity contribution is -0.742. The SMILES string of the molecule is CC(C)c1cc(NC(=NC(C)(C)C)Nc2nccs2)c2ccccc2n1.O=[N+]([O-])O.O=[N+]([O-])O. The second-order valence-electron chi connectivity index (χ2n) is 7.96. The number of thiazole rings is 1. The van der Waals surface area contributed by atoms with Gasteiger partial charge in [-0.05, 0) is 38.8 Å². The van der Waals surface area contributed by atoms with E-state index in [1.807, 2.05) is 23.6 Å². The molecule has 2 aromatic heterocycles. The summed E-state index contributed by atoms with van der Waals surface area (Å²) < 4.78 is 0. The third kappa shape index (κ3) is 11.0. The highest BCUT2D eigenvalue weighted by Gasteiger charge is 2.14. The summed E-state index contributed by atoms with van der Waals surface area (Å²) in [7, 11) is 0. The van der Waals surface area contributed by atoms with Crippen LogP contribution in [0.3, 0.4) is 0 Å². The molecule has 0 spiro atoms. The summed E-state index contributed by atoms with van der Waals surface area (Å²) in [4.78, 5) is 30.6. The Morgan fingerprint density at radius 3 is 2.21 bits per heavy atom. The van der Waals surface area contributed by atoms with Gasteiger partial charge in [0.05, 0.1) is 16.7 Å². The van der Waals surface area contributed by atoms with Crippen molar-refractivity contribution in [2.24, 2.45) is 4.99 Å². The number of aromatic nitrogens is 2. The van der Waals surface area contributed by atoms with Gasteiger partial charge in [-0.25, -0.2) is 9.98 Å². The Kier molecular flexibility index (Phi) is 10.6. The van der Waals surface area contributed by atoms with Crippen LogP contribution < -0.4 is 10.6 Å². The molecule has 2 heterocycles. The maximum atomic E-state index is 8.36. The molecule has 3 aromatic rings. The normalized spacial score (nSPS) is 11.1. The number of anilines is 2. The first-order valence-corrected chi connectivity index (χ1v) is 10.8. The molecule has 0 aliphatic heterocycles. The van der Waals surface area contributed by atoms with Crippen molar-refractivity contribution in [3.8, 4) is 0 Å². The van der Waals surface area contributed by atoms with Gasteiger partial charge < -0.3 is 21.0 Å². The molecule has 0 atom stereocenters. The lowest BCUT2D eigenvalue weighted by Crippen LogP contribution is -2.27. The summed E-state index contributed by atoms with van der Waals surface area (Å²) in [5.74, 6) is 1.02. The van der Waals surface area contributed by atoms with Crippen LogP contribution in [-0.2, 0) is 0 Å². The van der Waals surface area contributed by atoms with Crippen LogP contribution in [0.1, 0.15) is 46.2 Å². The molecule has 184 valence electrons. The zero-order valence-electron chi connectivity index (χ0n) is 19.3. The Morgan fingerprint density at radius 1 is 1.12 bits per heavy atom. The van der Waals surface area contributed by atoms with E-state index < -0.39 is 10.2 Å². The smallest absolute Gasteiger partial charge is 0.291 e. The molecule has 14 heteroatoms. The minimum absolute atomic E-state index is 0.226. The first-order valence-electron chi connectivity index (χ1n) is 9.88. The van der Waals surface area contributed by atoms with Crippen LogP contribution in [0.15, 0.2) is 46.9 Å². The first-order chi connectivity index (χ1) is 15.8. The monoisotopic (exact) mass is 493 g/mol. The molecule has 0 amide bonds. The van der Waals surface area contributed by atoms with E-state index in [4.69, 9.17) is 40.6 Å². The Hall–Kier alpha value is -4.07. The largest absolute Gasteiger partial charge is 0.328 e. The molecule has 0 saturated carbocycles. The van der Waals surface area contributed by atoms with Gasteiger partial charge in [-0.15, -0.1) is 31.6 Å². The van der Waals surface area contributed by atoms with Gasteiger partial charge in [0, 0.05) is 22.7 Å². The average molecular weight is 494 g/mol. The van der Waals surface area contributed by atoms with Gasteiger partial charge in [0.1, 0.15) is 0 Å². The molecule has 0 fully saturated rings. The van der Waals surface area contributed by atoms with Gasteiger partial charge in [-0.3, -0.25) is 4.98 Å². The Labute approximate surface area is 199 Å². The molecule has 0 aliphatic carbocycles. The fourth-order valence-corrected chi connectivity index (χ4v) is 3.06. The number of aliphatic imine (C=N–C) groups is 1. The molecule has 0 radical (unpaired) electrons. The van der Waals surface area contributed by atoms with E-state index >= 15 is 0 Å². The highest BCUT2D eigenvalue weighted by Crippen LogP contribution is 2.27. The lowest BCUT2D eigenvalue weighted by Gasteiger charge is -2.19. The van der Waals surface area contributed by atoms with Crippen LogP contribution in [-0.4, -0.2) is 42.1 Å². The summed E-state index contributed by atoms with van der Waals surface area (Å²) in [6, 6.07) is 10.3. The van der Waals surface area contributed by atoms with Gasteiger partial charge in [-0.2, -0.15) is 0 Å². The quantitative estimate of drug-likeness (QED) is 0.171. The zero-order valence-corrected chi connectivity index (χ0v) is 20.1. The molecule has 0 saturated heterocycles. The number of guanidine groups is 1. The number of nitrogens with zero attached hydrogens (tertiary/aromatic N) is 5. The van der Waals surface area contributed by atoms with E-state index in [1.165, 1.54) is 0 Å². The van der Waals surface area contributed by atoms with E-state index in [1.54, 1.807) is 17.5 Å². The number of pyridine rings is 1. The molecule has 1 aromatic carbocycles. The van der Waals surface area contributed by atoms with E-state index in [-0.39, 0.29) is 5.54 Å². The van der Waals surface area contributed by atoms with Crippen LogP contribution >= 0.6 is 11.3 Å². The van der Waals surface area contributed by atoms with E-state index in [0.717, 1.165) is 27.4 Å². The minimum Gasteiger partial charge on any atom is -0.328 e. The van der Waals surface area contributed by atoms with E-state index in [9.17, 15) is 0 Å². The maximum Gasteiger partial charge on any atom is 0.291 e. The highest BCUT2D eigenvalue weighted by molar-refractivity contribution is 7.13. The van der Waals surface area contributed by atoms with Crippen LogP contribution in [0.25, 0.3) is 10.9 Å². The Morgan fingerprint density at radius 2 is 1.71 bits per heavy atom. The number of benzene rings is 1. The molecular formula is C20H27N7O6S. The fourth-order valence-electron chi connectivity index (χ4n) is 2.53. The summed E-state index contributed by atoms with van der Waals surface area (Å²) in [5, 5.41) is 37.9. The number of para-hydroxylation sites is 1. The molecule has 0 aliphatic rings. The first kappa shape index (κ1) is 28.0. The van der Waals surface area contributed by atoms with Crippen molar-refractivity contribution in [2.45, 2.75) is 46.1 Å². The van der Waals surface area contributed by atoms with Crippen molar-refractivity contribution in [1.29, 1.82) is 0 Å². The molecule has 34 heavy (non-hydrogen) atoms. The van der Waals surface area contributed by atoms with E-state index in [0.29, 0.717) is 11.9 Å². The van der Waals surface area contributed by atoms with Gasteiger partial charge in [-0.1, -0.05) is 32.0 Å². The Balaban J connectivity index is 0.000000629. The van der Waals surface area contributed by atoms with Crippen molar-refractivity contribution in [1.82, 2.24) is 9.97 Å². The standard InChI is InChI=1S/C20H25N5S.2HNO3/c1-13(2)16-12-17(14-8-6-7-9-15(14)22-16)23-18(25-20(3,4)5)24-19-21-10-11-26-19;2*2-1(3)4/h6-13H,1-5H3,(H2,21,22,23,24,25);2*(H,2,3,4). The van der Waals surface area contributed by atoms with Gasteiger partial charge in [0.15, 0.2) is 5.13 Å². The molecule has 4 N–H and O–H groups in total. The van der Waals surface area contributed by atoms with Gasteiger partial charge in [0.2, 0.25) is 5.96 Å². The summed E-state index contributed by atoms with van der Waals surface area (Å²) in [5.41, 5.74) is 2.79. The number of hydrogen-bond acceptors (Lipinski definition) is 8. The van der Waals surface area contributed by atoms with Crippen molar-refractivity contribution in [2.75, 3.05) is 10.6 Å². The third-order valence-electron chi connectivity index (χ3n) is 3.69. The summed E-state index contributed by atoms with van der Waals surface area (Å²) >= 11 is 1.54. The van der Waals surface area contributed by atoms with Crippen molar-refractivity contribution >= 4 is 39.0 Å². The predicted octanol–water partition coefficient (Wildman–Crippen LogP) is 4.80. The molecule has 3 rings (SSSR count). The second-order valence-corrected chi connectivity index (χ2v) is 8.86. The van der Waals surface area contributed by atoms with Crippen LogP contribution in [0.5, 0.6) is 0 Å². The second kappa shape index (κ2) is 12.8. The molecule has 0 unspecified atom stereocenters. The lowest BCUT2D eigenvalue weighted by atomic mass is 10.1. The van der Waals surface area contributed by atoms with Crippen molar-refractivity contribution in [3.63, 3.8) is 0 Å². The number of rotatable bonds is 3. The van der Waals surface area contributed by atoms with Gasteiger partial charge in [0.25, 0.3) is 10.2 Å². The van der Waals surface area contributed by atoms with E-state index in [2.05, 4.69) is 62.4 Å². The number of hydrogen-bond donors (Lipinski definition) is 4. The summed E-state index contributed by atoms with van der Waals surface area (Å²) in [6.07, 6.45) is 1.78. The third-order valence-corrected chi connectivity index (χ3v) is 4.37. The van der Waals surface area contributed by atoms with Crippen LogP contribution in [0, 0.1) is 20.2 Å². The Bertz CT molecular complexity index is 1090. The van der Waals surface area contributed by atoms with Crippen LogP contribution in [0.4, 0.5) is 10.8 Å². The molecule has 0 bridgehead atoms. The minimum atomic E-state index is -1.50. The van der Waals surface area contributed by atoms with Gasteiger partial charge >= 0.3 is 0 Å². The maximum absolute atomic E-state index is 8.36. The van der Waals surface area contributed by atoms with Crippen LogP contribution in [0.2, 0.25) is 0 Å².